The number of rotatable bonds is 6. The molecule has 0 amide bonds. The van der Waals surface area contributed by atoms with Gasteiger partial charge in [0, 0.05) is 6.42 Å². The summed E-state index contributed by atoms with van der Waals surface area (Å²) in [5.74, 6) is 0.192. The molecule has 0 atom stereocenters. The average molecular weight is 208 g/mol. The third kappa shape index (κ3) is 9.74. The van der Waals surface area contributed by atoms with Gasteiger partial charge in [0.05, 0.1) is 0 Å². The van der Waals surface area contributed by atoms with Crippen LogP contribution in [0.3, 0.4) is 0 Å². The van der Waals surface area contributed by atoms with Gasteiger partial charge in [0.1, 0.15) is 11.9 Å². The molecule has 0 bridgehead atoms. The molecule has 0 radical (unpaired) electrons. The molecule has 0 aromatic heterocycles. The molecule has 0 aliphatic heterocycles. The zero-order chi connectivity index (χ0) is 10.5. The van der Waals surface area contributed by atoms with Crippen LogP contribution < -0.4 is 0 Å². The molecule has 0 aromatic carbocycles. The monoisotopic (exact) mass is 208 g/mol. The molecule has 5 heteroatoms. The van der Waals surface area contributed by atoms with E-state index < -0.39 is 13.8 Å². The molecule has 0 heterocycles. The van der Waals surface area contributed by atoms with Gasteiger partial charge >= 0.3 is 7.60 Å². The topological polar surface area (TPSA) is 74.6 Å². The van der Waals surface area contributed by atoms with Crippen molar-refractivity contribution in [1.29, 1.82) is 0 Å². The molecule has 4 nitrogen and oxygen atoms in total. The highest BCUT2D eigenvalue weighted by Gasteiger charge is 2.18. The number of Topliss-reactive ketones (excluding diaryl/α,β-unsaturated/α-hetero) is 1. The Hall–Kier alpha value is -0.180. The third-order valence-electron chi connectivity index (χ3n) is 1.62. The Bertz CT molecular complexity index is 206. The Morgan fingerprint density at radius 3 is 2.31 bits per heavy atom. The first kappa shape index (κ1) is 12.8. The van der Waals surface area contributed by atoms with Crippen LogP contribution in [0.2, 0.25) is 0 Å². The fraction of sp³-hybridized carbons (Fsp3) is 0.875. The van der Waals surface area contributed by atoms with E-state index in [1.54, 1.807) is 0 Å². The second-order valence-corrected chi connectivity index (χ2v) is 5.29. The third-order valence-corrected chi connectivity index (χ3v) is 2.38. The molecule has 0 aromatic rings. The van der Waals surface area contributed by atoms with E-state index in [-0.39, 0.29) is 12.2 Å². The first-order chi connectivity index (χ1) is 5.81. The van der Waals surface area contributed by atoms with Crippen molar-refractivity contribution in [2.45, 2.75) is 33.1 Å². The molecule has 0 aliphatic rings. The summed E-state index contributed by atoms with van der Waals surface area (Å²) < 4.78 is 10.4. The van der Waals surface area contributed by atoms with Crippen molar-refractivity contribution in [2.24, 2.45) is 5.92 Å². The minimum absolute atomic E-state index is 0.281. The van der Waals surface area contributed by atoms with E-state index in [4.69, 9.17) is 9.79 Å². The molecule has 78 valence electrons. The molecule has 0 rings (SSSR count). The van der Waals surface area contributed by atoms with Gasteiger partial charge in [0.25, 0.3) is 0 Å². The standard InChI is InChI=1S/C8H17O4P/c1-7(2)4-3-5-8(9)6-13(10,11)12/h7H,3-6H2,1-2H3,(H2,10,11,12). The first-order valence-electron chi connectivity index (χ1n) is 4.37. The highest BCUT2D eigenvalue weighted by molar-refractivity contribution is 7.52. The Morgan fingerprint density at radius 1 is 1.38 bits per heavy atom. The predicted molar refractivity (Wildman–Crippen MR) is 50.6 cm³/mol. The van der Waals surface area contributed by atoms with E-state index in [0.717, 1.165) is 12.8 Å². The van der Waals surface area contributed by atoms with Gasteiger partial charge in [-0.25, -0.2) is 0 Å². The van der Waals surface area contributed by atoms with Crippen molar-refractivity contribution in [3.05, 3.63) is 0 Å². The van der Waals surface area contributed by atoms with E-state index in [2.05, 4.69) is 0 Å². The average Bonchev–Trinajstić information content (AvgIpc) is 1.81. The van der Waals surface area contributed by atoms with Crippen LogP contribution in [0, 0.1) is 5.92 Å². The molecule has 0 fully saturated rings. The van der Waals surface area contributed by atoms with Crippen LogP contribution in [0.1, 0.15) is 33.1 Å². The maximum absolute atomic E-state index is 10.9. The molecule has 0 saturated carbocycles. The van der Waals surface area contributed by atoms with Crippen LogP contribution in [0.4, 0.5) is 0 Å². The summed E-state index contributed by atoms with van der Waals surface area (Å²) in [5, 5.41) is 0. The van der Waals surface area contributed by atoms with E-state index in [0.29, 0.717) is 5.92 Å². The van der Waals surface area contributed by atoms with E-state index >= 15 is 0 Å². The summed E-state index contributed by atoms with van der Waals surface area (Å²) in [6.07, 6.45) is 1.32. The summed E-state index contributed by atoms with van der Waals surface area (Å²) in [6.45, 7) is 4.10. The zero-order valence-electron chi connectivity index (χ0n) is 8.06. The van der Waals surface area contributed by atoms with Gasteiger partial charge in [-0.3, -0.25) is 9.36 Å². The lowest BCUT2D eigenvalue weighted by molar-refractivity contribution is -0.117. The number of hydrogen-bond acceptors (Lipinski definition) is 2. The maximum atomic E-state index is 10.9. The Labute approximate surface area is 78.5 Å². The van der Waals surface area contributed by atoms with Gasteiger partial charge < -0.3 is 9.79 Å². The van der Waals surface area contributed by atoms with Crippen LogP contribution >= 0.6 is 7.60 Å². The van der Waals surface area contributed by atoms with E-state index in [1.807, 2.05) is 13.8 Å². The van der Waals surface area contributed by atoms with Crippen molar-refractivity contribution < 1.29 is 19.1 Å². The largest absolute Gasteiger partial charge is 0.332 e. The van der Waals surface area contributed by atoms with Crippen LogP contribution in [0.5, 0.6) is 0 Å². The maximum Gasteiger partial charge on any atom is 0.332 e. The van der Waals surface area contributed by atoms with Gasteiger partial charge in [0.15, 0.2) is 0 Å². The minimum atomic E-state index is -4.14. The SMILES string of the molecule is CC(C)CCCC(=O)CP(=O)(O)O. The summed E-state index contributed by atoms with van der Waals surface area (Å²) >= 11 is 0. The lowest BCUT2D eigenvalue weighted by atomic mass is 10.1. The summed E-state index contributed by atoms with van der Waals surface area (Å²) in [6, 6.07) is 0. The Kier molecular flexibility index (Phi) is 5.45. The van der Waals surface area contributed by atoms with Crippen molar-refractivity contribution in [3.63, 3.8) is 0 Å². The van der Waals surface area contributed by atoms with Gasteiger partial charge in [-0.2, -0.15) is 0 Å². The second-order valence-electron chi connectivity index (χ2n) is 3.65. The van der Waals surface area contributed by atoms with Crippen molar-refractivity contribution in [1.82, 2.24) is 0 Å². The van der Waals surface area contributed by atoms with Crippen molar-refractivity contribution >= 4 is 13.4 Å². The fourth-order valence-electron chi connectivity index (χ4n) is 1.02. The second kappa shape index (κ2) is 5.53. The quantitative estimate of drug-likeness (QED) is 0.649. The van der Waals surface area contributed by atoms with E-state index in [1.165, 1.54) is 0 Å². The minimum Gasteiger partial charge on any atom is -0.324 e. The van der Waals surface area contributed by atoms with Gasteiger partial charge in [-0.05, 0) is 12.3 Å². The van der Waals surface area contributed by atoms with Crippen LogP contribution in [-0.2, 0) is 9.36 Å². The first-order valence-corrected chi connectivity index (χ1v) is 6.17. The molecule has 0 unspecified atom stereocenters. The molecular formula is C8H17O4P. The number of carbonyl (C=O) groups is 1. The number of ketones is 1. The predicted octanol–water partition coefficient (Wildman–Crippen LogP) is 1.56. The normalized spacial score (nSPS) is 12.1. The molecule has 0 saturated heterocycles. The molecule has 13 heavy (non-hydrogen) atoms. The summed E-state index contributed by atoms with van der Waals surface area (Å²) in [7, 11) is -4.14. The highest BCUT2D eigenvalue weighted by Crippen LogP contribution is 2.34. The van der Waals surface area contributed by atoms with Crippen LogP contribution in [0.15, 0.2) is 0 Å². The fourth-order valence-corrected chi connectivity index (χ4v) is 1.63. The zero-order valence-corrected chi connectivity index (χ0v) is 8.96. The van der Waals surface area contributed by atoms with Crippen LogP contribution in [-0.4, -0.2) is 21.7 Å². The van der Waals surface area contributed by atoms with Crippen molar-refractivity contribution in [3.8, 4) is 0 Å². The van der Waals surface area contributed by atoms with Gasteiger partial charge in [-0.15, -0.1) is 0 Å². The lowest BCUT2D eigenvalue weighted by Gasteiger charge is -2.04. The summed E-state index contributed by atoms with van der Waals surface area (Å²) in [4.78, 5) is 27.9. The Balaban J connectivity index is 3.59. The molecular weight excluding hydrogens is 191 g/mol. The Morgan fingerprint density at radius 2 is 1.92 bits per heavy atom. The smallest absolute Gasteiger partial charge is 0.324 e. The van der Waals surface area contributed by atoms with Crippen molar-refractivity contribution in [2.75, 3.05) is 6.16 Å². The summed E-state index contributed by atoms with van der Waals surface area (Å²) in [5.41, 5.74) is 0. The molecule has 0 aliphatic carbocycles. The van der Waals surface area contributed by atoms with E-state index in [9.17, 15) is 9.36 Å². The van der Waals surface area contributed by atoms with Gasteiger partial charge in [0.2, 0.25) is 0 Å². The number of carbonyl (C=O) groups excluding carboxylic acids is 1. The lowest BCUT2D eigenvalue weighted by Crippen LogP contribution is -2.05. The highest BCUT2D eigenvalue weighted by atomic mass is 31.2. The molecule has 0 spiro atoms. The van der Waals surface area contributed by atoms with Gasteiger partial charge in [-0.1, -0.05) is 20.3 Å². The van der Waals surface area contributed by atoms with Crippen LogP contribution in [0.25, 0.3) is 0 Å². The molecule has 2 N–H and O–H groups in total. The number of hydrogen-bond donors (Lipinski definition) is 2.